The molecule has 8 nitrogen and oxygen atoms in total. The molecule has 1 amide bonds. The van der Waals surface area contributed by atoms with Crippen LogP contribution in [-0.4, -0.2) is 53.9 Å². The summed E-state index contributed by atoms with van der Waals surface area (Å²) in [5.74, 6) is 1.88. The van der Waals surface area contributed by atoms with Crippen LogP contribution < -0.4 is 18.9 Å². The average molecular weight is 343 g/mol. The third-order valence-electron chi connectivity index (χ3n) is 4.16. The van der Waals surface area contributed by atoms with Gasteiger partial charge in [-0.3, -0.25) is 4.79 Å². The van der Waals surface area contributed by atoms with Crippen LogP contribution in [0.2, 0.25) is 0 Å². The monoisotopic (exact) mass is 343 g/mol. The van der Waals surface area contributed by atoms with Gasteiger partial charge in [-0.15, -0.1) is 0 Å². The molecule has 0 N–H and O–H groups in total. The highest BCUT2D eigenvalue weighted by molar-refractivity contribution is 5.95. The van der Waals surface area contributed by atoms with Gasteiger partial charge in [0.05, 0.1) is 13.7 Å². The van der Waals surface area contributed by atoms with Crippen LogP contribution in [0.25, 0.3) is 0 Å². The van der Waals surface area contributed by atoms with Crippen LogP contribution in [0.5, 0.6) is 23.3 Å². The quantitative estimate of drug-likeness (QED) is 0.832. The second-order valence-corrected chi connectivity index (χ2v) is 5.72. The van der Waals surface area contributed by atoms with Gasteiger partial charge < -0.3 is 23.8 Å². The maximum atomic E-state index is 12.7. The highest BCUT2D eigenvalue weighted by Crippen LogP contribution is 2.33. The van der Waals surface area contributed by atoms with Gasteiger partial charge in [0.2, 0.25) is 6.79 Å². The summed E-state index contributed by atoms with van der Waals surface area (Å²) >= 11 is 0. The van der Waals surface area contributed by atoms with Crippen LogP contribution in [0.1, 0.15) is 16.8 Å². The first-order chi connectivity index (χ1) is 12.2. The molecular formula is C17H17N3O5. The Morgan fingerprint density at radius 3 is 2.84 bits per heavy atom. The lowest BCUT2D eigenvalue weighted by Crippen LogP contribution is -2.31. The molecule has 4 rings (SSSR count). The van der Waals surface area contributed by atoms with Crippen LogP contribution >= 0.6 is 0 Å². The van der Waals surface area contributed by atoms with Gasteiger partial charge in [0.1, 0.15) is 6.10 Å². The molecule has 2 aromatic rings. The molecule has 1 fully saturated rings. The molecule has 0 aliphatic carbocycles. The fourth-order valence-corrected chi connectivity index (χ4v) is 2.91. The van der Waals surface area contributed by atoms with Gasteiger partial charge in [-0.05, 0) is 18.2 Å². The number of carbonyl (C=O) groups is 1. The van der Waals surface area contributed by atoms with Gasteiger partial charge in [0.15, 0.2) is 11.5 Å². The SMILES string of the molecule is COc1nccnc1OC1CCN(C(=O)c2ccc3c(c2)OCO3)C1. The number of methoxy groups -OCH3 is 1. The zero-order valence-electron chi connectivity index (χ0n) is 13.7. The van der Waals surface area contributed by atoms with E-state index in [2.05, 4.69) is 9.97 Å². The summed E-state index contributed by atoms with van der Waals surface area (Å²) in [6.07, 6.45) is 3.65. The molecule has 1 atom stereocenters. The summed E-state index contributed by atoms with van der Waals surface area (Å²) in [4.78, 5) is 22.6. The molecule has 1 saturated heterocycles. The predicted molar refractivity (Wildman–Crippen MR) is 86.1 cm³/mol. The minimum atomic E-state index is -0.149. The van der Waals surface area contributed by atoms with Gasteiger partial charge in [-0.1, -0.05) is 0 Å². The molecule has 2 aliphatic rings. The van der Waals surface area contributed by atoms with Gasteiger partial charge in [0, 0.05) is 30.9 Å². The van der Waals surface area contributed by atoms with Crippen LogP contribution in [-0.2, 0) is 0 Å². The van der Waals surface area contributed by atoms with Gasteiger partial charge in [-0.2, -0.15) is 0 Å². The normalized spacial score (nSPS) is 18.3. The number of aromatic nitrogens is 2. The number of rotatable bonds is 4. The van der Waals surface area contributed by atoms with E-state index in [1.807, 2.05) is 0 Å². The third-order valence-corrected chi connectivity index (χ3v) is 4.16. The van der Waals surface area contributed by atoms with Crippen molar-refractivity contribution in [3.63, 3.8) is 0 Å². The molecule has 8 heteroatoms. The van der Waals surface area contributed by atoms with Gasteiger partial charge >= 0.3 is 0 Å². The van der Waals surface area contributed by atoms with E-state index in [0.29, 0.717) is 41.9 Å². The predicted octanol–water partition coefficient (Wildman–Crippen LogP) is 1.51. The fourth-order valence-electron chi connectivity index (χ4n) is 2.91. The Morgan fingerprint density at radius 2 is 2.00 bits per heavy atom. The second kappa shape index (κ2) is 6.46. The van der Waals surface area contributed by atoms with E-state index in [9.17, 15) is 4.79 Å². The molecule has 1 unspecified atom stereocenters. The van der Waals surface area contributed by atoms with Crippen molar-refractivity contribution in [3.05, 3.63) is 36.2 Å². The lowest BCUT2D eigenvalue weighted by molar-refractivity contribution is 0.0769. The molecule has 1 aromatic carbocycles. The van der Waals surface area contributed by atoms with E-state index in [1.54, 1.807) is 29.3 Å². The molecule has 130 valence electrons. The Kier molecular flexibility index (Phi) is 4.01. The fraction of sp³-hybridized carbons (Fsp3) is 0.353. The highest BCUT2D eigenvalue weighted by Gasteiger charge is 2.30. The maximum absolute atomic E-state index is 12.7. The Bertz CT molecular complexity index is 798. The smallest absolute Gasteiger partial charge is 0.278 e. The van der Waals surface area contributed by atoms with Gasteiger partial charge in [-0.25, -0.2) is 9.97 Å². The van der Waals surface area contributed by atoms with Crippen molar-refractivity contribution < 1.29 is 23.7 Å². The van der Waals surface area contributed by atoms with E-state index in [1.165, 1.54) is 13.3 Å². The van der Waals surface area contributed by atoms with Crippen molar-refractivity contribution in [3.8, 4) is 23.3 Å². The molecule has 0 bridgehead atoms. The van der Waals surface area contributed by atoms with E-state index >= 15 is 0 Å². The Balaban J connectivity index is 1.42. The van der Waals surface area contributed by atoms with Crippen molar-refractivity contribution in [1.29, 1.82) is 0 Å². The van der Waals surface area contributed by atoms with E-state index in [-0.39, 0.29) is 18.8 Å². The number of ether oxygens (including phenoxy) is 4. The van der Waals surface area contributed by atoms with Crippen molar-refractivity contribution >= 4 is 5.91 Å². The van der Waals surface area contributed by atoms with Gasteiger partial charge in [0.25, 0.3) is 17.7 Å². The lowest BCUT2D eigenvalue weighted by atomic mass is 10.2. The van der Waals surface area contributed by atoms with Crippen LogP contribution in [0, 0.1) is 0 Å². The zero-order valence-corrected chi connectivity index (χ0v) is 13.7. The first-order valence-electron chi connectivity index (χ1n) is 7.95. The standard InChI is InChI=1S/C17H17N3O5/c1-22-15-16(19-6-5-18-15)25-12-4-7-20(9-12)17(21)11-2-3-13-14(8-11)24-10-23-13/h2-3,5-6,8,12H,4,7,9-10H2,1H3. The van der Waals surface area contributed by atoms with Crippen LogP contribution in [0.4, 0.5) is 0 Å². The molecule has 1 aromatic heterocycles. The summed E-state index contributed by atoms with van der Waals surface area (Å²) in [6, 6.07) is 5.21. The number of carbonyl (C=O) groups excluding carboxylic acids is 1. The number of likely N-dealkylation sites (tertiary alicyclic amines) is 1. The number of fused-ring (bicyclic) bond motifs is 1. The topological polar surface area (TPSA) is 83.0 Å². The number of nitrogens with zero attached hydrogens (tertiary/aromatic N) is 3. The minimum Gasteiger partial charge on any atom is -0.477 e. The number of hydrogen-bond donors (Lipinski definition) is 0. The number of hydrogen-bond acceptors (Lipinski definition) is 7. The molecule has 0 saturated carbocycles. The lowest BCUT2D eigenvalue weighted by Gasteiger charge is -2.17. The summed E-state index contributed by atoms with van der Waals surface area (Å²) < 4.78 is 21.6. The molecule has 0 radical (unpaired) electrons. The zero-order chi connectivity index (χ0) is 17.2. The van der Waals surface area contributed by atoms with E-state index in [4.69, 9.17) is 18.9 Å². The highest BCUT2D eigenvalue weighted by atomic mass is 16.7. The first kappa shape index (κ1) is 15.5. The largest absolute Gasteiger partial charge is 0.477 e. The summed E-state index contributed by atoms with van der Waals surface area (Å²) in [5.41, 5.74) is 0.571. The number of benzene rings is 1. The van der Waals surface area contributed by atoms with E-state index < -0.39 is 0 Å². The maximum Gasteiger partial charge on any atom is 0.278 e. The minimum absolute atomic E-state index is 0.0597. The Labute approximate surface area is 144 Å². The molecular weight excluding hydrogens is 326 g/mol. The first-order valence-corrected chi connectivity index (χ1v) is 7.95. The summed E-state index contributed by atoms with van der Waals surface area (Å²) in [6.45, 7) is 1.28. The van der Waals surface area contributed by atoms with E-state index in [0.717, 1.165) is 6.42 Å². The van der Waals surface area contributed by atoms with Crippen LogP contribution in [0.3, 0.4) is 0 Å². The molecule has 2 aliphatic heterocycles. The van der Waals surface area contributed by atoms with Crippen molar-refractivity contribution in [2.45, 2.75) is 12.5 Å². The molecule has 3 heterocycles. The Morgan fingerprint density at radius 1 is 1.20 bits per heavy atom. The summed E-state index contributed by atoms with van der Waals surface area (Å²) in [7, 11) is 1.51. The van der Waals surface area contributed by atoms with Crippen LogP contribution in [0.15, 0.2) is 30.6 Å². The Hall–Kier alpha value is -3.03. The van der Waals surface area contributed by atoms with Crippen molar-refractivity contribution in [2.24, 2.45) is 0 Å². The summed E-state index contributed by atoms with van der Waals surface area (Å²) in [5, 5.41) is 0. The molecule has 25 heavy (non-hydrogen) atoms. The second-order valence-electron chi connectivity index (χ2n) is 5.72. The average Bonchev–Trinajstić information content (AvgIpc) is 3.30. The van der Waals surface area contributed by atoms with Crippen molar-refractivity contribution in [2.75, 3.05) is 27.0 Å². The molecule has 0 spiro atoms. The number of amides is 1. The van der Waals surface area contributed by atoms with Crippen molar-refractivity contribution in [1.82, 2.24) is 14.9 Å². The third kappa shape index (κ3) is 3.02.